The van der Waals surface area contributed by atoms with Gasteiger partial charge in [0.25, 0.3) is 0 Å². The van der Waals surface area contributed by atoms with E-state index < -0.39 is 15.6 Å². The van der Waals surface area contributed by atoms with Crippen LogP contribution in [-0.2, 0) is 26.0 Å². The van der Waals surface area contributed by atoms with Crippen molar-refractivity contribution in [3.63, 3.8) is 0 Å². The number of sulfonamides is 1. The molecule has 0 saturated carbocycles. The average molecular weight is 417 g/mol. The molecule has 1 atom stereocenters. The van der Waals surface area contributed by atoms with Gasteiger partial charge in [-0.2, -0.15) is 0 Å². The molecule has 29 heavy (non-hydrogen) atoms. The number of benzene rings is 2. The number of rotatable bonds is 8. The zero-order chi connectivity index (χ0) is 20.9. The summed E-state index contributed by atoms with van der Waals surface area (Å²) < 4.78 is 33.9. The summed E-state index contributed by atoms with van der Waals surface area (Å²) in [5.74, 6) is 0.0116. The Kier molecular flexibility index (Phi) is 6.72. The Balaban J connectivity index is 1.76. The van der Waals surface area contributed by atoms with Crippen LogP contribution in [0.4, 0.5) is 0 Å². The fourth-order valence-electron chi connectivity index (χ4n) is 3.75. The van der Waals surface area contributed by atoms with Gasteiger partial charge in [-0.15, -0.1) is 0 Å². The number of methoxy groups -OCH3 is 1. The molecule has 1 N–H and O–H groups in total. The number of hydrogen-bond donors (Lipinski definition) is 1. The van der Waals surface area contributed by atoms with E-state index in [1.54, 1.807) is 42.3 Å². The Hall–Kier alpha value is -2.22. The van der Waals surface area contributed by atoms with E-state index in [9.17, 15) is 13.2 Å². The van der Waals surface area contributed by atoms with Crippen molar-refractivity contribution >= 4 is 15.9 Å². The number of ether oxygens (including phenoxy) is 1. The summed E-state index contributed by atoms with van der Waals surface area (Å²) in [6.45, 7) is 3.26. The second-order valence-corrected chi connectivity index (χ2v) is 9.29. The second-order valence-electron chi connectivity index (χ2n) is 7.61. The van der Waals surface area contributed by atoms with E-state index in [1.165, 1.54) is 0 Å². The van der Waals surface area contributed by atoms with Crippen LogP contribution in [0, 0.1) is 6.92 Å². The molecule has 1 unspecified atom stereocenters. The van der Waals surface area contributed by atoms with Gasteiger partial charge in [0.05, 0.1) is 16.9 Å². The summed E-state index contributed by atoms with van der Waals surface area (Å²) in [6, 6.07) is 16.1. The average Bonchev–Trinajstić information content (AvgIpc) is 3.12. The van der Waals surface area contributed by atoms with Crippen LogP contribution < -0.4 is 4.72 Å². The first-order valence-electron chi connectivity index (χ1n) is 9.75. The summed E-state index contributed by atoms with van der Waals surface area (Å²) >= 11 is 0. The highest BCUT2D eigenvalue weighted by Crippen LogP contribution is 2.28. The number of nitrogens with zero attached hydrogens (tertiary/aromatic N) is 1. The molecule has 1 aliphatic rings. The predicted molar refractivity (Wildman–Crippen MR) is 112 cm³/mol. The minimum atomic E-state index is -3.69. The van der Waals surface area contributed by atoms with Gasteiger partial charge in [-0.1, -0.05) is 42.5 Å². The van der Waals surface area contributed by atoms with Crippen LogP contribution in [0.2, 0.25) is 0 Å². The van der Waals surface area contributed by atoms with Crippen molar-refractivity contribution in [3.05, 3.63) is 65.7 Å². The molecule has 1 amide bonds. The van der Waals surface area contributed by atoms with Gasteiger partial charge in [0.15, 0.2) is 0 Å². The van der Waals surface area contributed by atoms with Gasteiger partial charge >= 0.3 is 0 Å². The molecule has 2 aromatic rings. The van der Waals surface area contributed by atoms with E-state index in [0.29, 0.717) is 39.0 Å². The van der Waals surface area contributed by atoms with Crippen molar-refractivity contribution in [2.45, 2.75) is 36.6 Å². The summed E-state index contributed by atoms with van der Waals surface area (Å²) in [6.07, 6.45) is 1.38. The Bertz CT molecular complexity index is 946. The van der Waals surface area contributed by atoms with Crippen LogP contribution in [0.5, 0.6) is 0 Å². The van der Waals surface area contributed by atoms with Crippen molar-refractivity contribution in [3.8, 4) is 0 Å². The quantitative estimate of drug-likeness (QED) is 0.718. The standard InChI is InChI=1S/C22H28N2O4S/c1-18-8-6-7-9-19(18)16-21(25)24-14-12-22(17-24,13-15-28-2)23-29(26,27)20-10-4-3-5-11-20/h3-11,23H,12-17H2,1-2H3. The molecule has 0 spiro atoms. The summed E-state index contributed by atoms with van der Waals surface area (Å²) in [4.78, 5) is 14.9. The highest BCUT2D eigenvalue weighted by Gasteiger charge is 2.42. The van der Waals surface area contributed by atoms with Crippen molar-refractivity contribution in [2.24, 2.45) is 0 Å². The monoisotopic (exact) mass is 416 g/mol. The molecule has 2 aromatic carbocycles. The number of aryl methyl sites for hydroxylation is 1. The molecule has 0 aromatic heterocycles. The molecule has 1 aliphatic heterocycles. The largest absolute Gasteiger partial charge is 0.385 e. The van der Waals surface area contributed by atoms with Gasteiger partial charge in [-0.3, -0.25) is 4.79 Å². The molecule has 3 rings (SSSR count). The molecule has 0 radical (unpaired) electrons. The van der Waals surface area contributed by atoms with Crippen molar-refractivity contribution in [1.29, 1.82) is 0 Å². The molecule has 1 heterocycles. The van der Waals surface area contributed by atoms with E-state index in [4.69, 9.17) is 4.74 Å². The molecule has 1 saturated heterocycles. The minimum absolute atomic E-state index is 0.0116. The zero-order valence-corrected chi connectivity index (χ0v) is 17.7. The maximum absolute atomic E-state index is 12.9. The van der Waals surface area contributed by atoms with Crippen LogP contribution in [0.25, 0.3) is 0 Å². The number of likely N-dealkylation sites (tertiary alicyclic amines) is 1. The zero-order valence-electron chi connectivity index (χ0n) is 16.9. The van der Waals surface area contributed by atoms with E-state index in [0.717, 1.165) is 11.1 Å². The lowest BCUT2D eigenvalue weighted by atomic mass is 9.96. The maximum Gasteiger partial charge on any atom is 0.241 e. The minimum Gasteiger partial charge on any atom is -0.385 e. The summed E-state index contributed by atoms with van der Waals surface area (Å²) in [5.41, 5.74) is 1.35. The molecular weight excluding hydrogens is 388 g/mol. The third-order valence-corrected chi connectivity index (χ3v) is 7.09. The lowest BCUT2D eigenvalue weighted by molar-refractivity contribution is -0.129. The SMILES string of the molecule is COCCC1(NS(=O)(=O)c2ccccc2)CCN(C(=O)Cc2ccccc2C)C1. The smallest absolute Gasteiger partial charge is 0.241 e. The third-order valence-electron chi connectivity index (χ3n) is 5.50. The Labute approximate surface area is 172 Å². The lowest BCUT2D eigenvalue weighted by Gasteiger charge is -2.30. The summed E-state index contributed by atoms with van der Waals surface area (Å²) in [5, 5.41) is 0. The summed E-state index contributed by atoms with van der Waals surface area (Å²) in [7, 11) is -2.10. The highest BCUT2D eigenvalue weighted by atomic mass is 32.2. The Morgan fingerprint density at radius 3 is 2.52 bits per heavy atom. The van der Waals surface area contributed by atoms with Crippen molar-refractivity contribution in [2.75, 3.05) is 26.8 Å². The first kappa shape index (κ1) is 21.5. The van der Waals surface area contributed by atoms with Crippen molar-refractivity contribution in [1.82, 2.24) is 9.62 Å². The molecule has 1 fully saturated rings. The maximum atomic E-state index is 12.9. The molecule has 7 heteroatoms. The fraction of sp³-hybridized carbons (Fsp3) is 0.409. The molecule has 0 bridgehead atoms. The lowest BCUT2D eigenvalue weighted by Crippen LogP contribution is -2.51. The topological polar surface area (TPSA) is 75.7 Å². The number of carbonyl (C=O) groups is 1. The number of amides is 1. The van der Waals surface area contributed by atoms with Crippen LogP contribution >= 0.6 is 0 Å². The highest BCUT2D eigenvalue weighted by molar-refractivity contribution is 7.89. The van der Waals surface area contributed by atoms with Gasteiger partial charge in [0, 0.05) is 26.8 Å². The molecule has 0 aliphatic carbocycles. The second kappa shape index (κ2) is 9.07. The molecular formula is C22H28N2O4S. The third kappa shape index (κ3) is 5.23. The molecule has 6 nitrogen and oxygen atoms in total. The van der Waals surface area contributed by atoms with Gasteiger partial charge < -0.3 is 9.64 Å². The van der Waals surface area contributed by atoms with Crippen LogP contribution in [0.1, 0.15) is 24.0 Å². The van der Waals surface area contributed by atoms with Crippen LogP contribution in [-0.4, -0.2) is 51.6 Å². The van der Waals surface area contributed by atoms with Gasteiger partial charge in [-0.25, -0.2) is 13.1 Å². The van der Waals surface area contributed by atoms with Gasteiger partial charge in [0.1, 0.15) is 0 Å². The number of nitrogens with one attached hydrogen (secondary N) is 1. The van der Waals surface area contributed by atoms with E-state index in [2.05, 4.69) is 4.72 Å². The number of hydrogen-bond acceptors (Lipinski definition) is 4. The normalized spacial score (nSPS) is 19.4. The fourth-order valence-corrected chi connectivity index (χ4v) is 5.22. The Morgan fingerprint density at radius 1 is 1.14 bits per heavy atom. The predicted octanol–water partition coefficient (Wildman–Crippen LogP) is 2.52. The van der Waals surface area contributed by atoms with E-state index >= 15 is 0 Å². The van der Waals surface area contributed by atoms with Crippen molar-refractivity contribution < 1.29 is 17.9 Å². The van der Waals surface area contributed by atoms with Crippen LogP contribution in [0.15, 0.2) is 59.5 Å². The van der Waals surface area contributed by atoms with E-state index in [1.807, 2.05) is 31.2 Å². The first-order chi connectivity index (χ1) is 13.9. The van der Waals surface area contributed by atoms with E-state index in [-0.39, 0.29) is 10.8 Å². The van der Waals surface area contributed by atoms with Gasteiger partial charge in [-0.05, 0) is 43.0 Å². The van der Waals surface area contributed by atoms with Crippen LogP contribution in [0.3, 0.4) is 0 Å². The Morgan fingerprint density at radius 2 is 1.83 bits per heavy atom. The first-order valence-corrected chi connectivity index (χ1v) is 11.2. The number of carbonyl (C=O) groups excluding carboxylic acids is 1. The van der Waals surface area contributed by atoms with Gasteiger partial charge in [0.2, 0.25) is 15.9 Å². The molecule has 156 valence electrons.